The zero-order chi connectivity index (χ0) is 9.72. The Kier molecular flexibility index (Phi) is 4.26. The molecule has 0 aliphatic heterocycles. The van der Waals surface area contributed by atoms with Crippen LogP contribution in [0.25, 0.3) is 0 Å². The molecule has 0 atom stereocenters. The fourth-order valence-electron chi connectivity index (χ4n) is 0.940. The van der Waals surface area contributed by atoms with Crippen LogP contribution < -0.4 is 0 Å². The van der Waals surface area contributed by atoms with Gasteiger partial charge in [0.05, 0.1) is 5.69 Å². The van der Waals surface area contributed by atoms with E-state index in [1.54, 1.807) is 17.8 Å². The van der Waals surface area contributed by atoms with Gasteiger partial charge in [0.1, 0.15) is 5.69 Å². The number of aryl methyl sites for hydroxylation is 2. The van der Waals surface area contributed by atoms with Crippen molar-refractivity contribution in [1.29, 1.82) is 0 Å². The molecule has 0 bridgehead atoms. The Hall–Kier alpha value is -1.12. The number of carbonyl (C=O) groups is 1. The summed E-state index contributed by atoms with van der Waals surface area (Å²) in [5.74, 6) is 0.0584. The van der Waals surface area contributed by atoms with E-state index in [4.69, 9.17) is 0 Å². The highest BCUT2D eigenvalue weighted by molar-refractivity contribution is 5.92. The Bertz CT molecular complexity index is 263. The van der Waals surface area contributed by atoms with Crippen LogP contribution >= 0.6 is 0 Å². The molecular formula is C9H16N2O. The minimum Gasteiger partial charge on any atom is -0.293 e. The van der Waals surface area contributed by atoms with Crippen molar-refractivity contribution < 1.29 is 4.79 Å². The van der Waals surface area contributed by atoms with Gasteiger partial charge in [-0.05, 0) is 13.0 Å². The van der Waals surface area contributed by atoms with Gasteiger partial charge in [-0.3, -0.25) is 9.48 Å². The second-order valence-electron chi connectivity index (χ2n) is 2.35. The van der Waals surface area contributed by atoms with Crippen LogP contribution in [0.2, 0.25) is 0 Å². The molecule has 0 saturated heterocycles. The molecule has 0 fully saturated rings. The minimum absolute atomic E-state index is 0.0584. The predicted octanol–water partition coefficient (Wildman–Crippen LogP) is 1.96. The smallest absolute Gasteiger partial charge is 0.177 e. The standard InChI is InChI=1S/C7H10N2O.C2H6/c1-5-4-7(6(2)10)9(3)8-5;1-2/h4H,1-3H3;1-2H3. The molecule has 1 aromatic heterocycles. The molecule has 3 heteroatoms. The first-order valence-electron chi connectivity index (χ1n) is 4.13. The molecular weight excluding hydrogens is 152 g/mol. The minimum atomic E-state index is 0.0584. The second kappa shape index (κ2) is 4.70. The number of aromatic nitrogens is 2. The third-order valence-electron chi connectivity index (χ3n) is 1.36. The number of ketones is 1. The number of hydrogen-bond donors (Lipinski definition) is 0. The molecule has 0 aromatic carbocycles. The fraction of sp³-hybridized carbons (Fsp3) is 0.556. The normalized spacial score (nSPS) is 8.75. The van der Waals surface area contributed by atoms with Crippen LogP contribution in [0, 0.1) is 6.92 Å². The number of Topliss-reactive ketones (excluding diaryl/α,β-unsaturated/α-hetero) is 1. The lowest BCUT2D eigenvalue weighted by Gasteiger charge is -1.92. The van der Waals surface area contributed by atoms with Gasteiger partial charge >= 0.3 is 0 Å². The third-order valence-corrected chi connectivity index (χ3v) is 1.36. The summed E-state index contributed by atoms with van der Waals surface area (Å²) in [6, 6.07) is 1.78. The Morgan fingerprint density at radius 1 is 1.50 bits per heavy atom. The lowest BCUT2D eigenvalue weighted by atomic mass is 10.3. The monoisotopic (exact) mass is 168 g/mol. The maximum absolute atomic E-state index is 10.8. The van der Waals surface area contributed by atoms with Gasteiger partial charge in [0.2, 0.25) is 0 Å². The SMILES string of the molecule is CC.CC(=O)c1cc(C)nn1C. The summed E-state index contributed by atoms with van der Waals surface area (Å²) in [4.78, 5) is 10.8. The zero-order valence-electron chi connectivity index (χ0n) is 8.38. The molecule has 0 spiro atoms. The van der Waals surface area contributed by atoms with Crippen LogP contribution in [-0.4, -0.2) is 15.6 Å². The van der Waals surface area contributed by atoms with Gasteiger partial charge in [-0.1, -0.05) is 13.8 Å². The zero-order valence-corrected chi connectivity index (χ0v) is 8.38. The Balaban J connectivity index is 0.000000561. The van der Waals surface area contributed by atoms with Gasteiger partial charge in [-0.15, -0.1) is 0 Å². The first kappa shape index (κ1) is 10.9. The molecule has 1 aromatic rings. The van der Waals surface area contributed by atoms with E-state index in [0.29, 0.717) is 5.69 Å². The van der Waals surface area contributed by atoms with Crippen molar-refractivity contribution in [1.82, 2.24) is 9.78 Å². The van der Waals surface area contributed by atoms with Crippen molar-refractivity contribution in [2.75, 3.05) is 0 Å². The van der Waals surface area contributed by atoms with Gasteiger partial charge in [0, 0.05) is 14.0 Å². The van der Waals surface area contributed by atoms with Crippen molar-refractivity contribution >= 4 is 5.78 Å². The lowest BCUT2D eigenvalue weighted by Crippen LogP contribution is -2.02. The number of hydrogen-bond acceptors (Lipinski definition) is 2. The van der Waals surface area contributed by atoms with Gasteiger partial charge in [0.25, 0.3) is 0 Å². The average molecular weight is 168 g/mol. The Morgan fingerprint density at radius 2 is 2.00 bits per heavy atom. The molecule has 1 heterocycles. The highest BCUT2D eigenvalue weighted by atomic mass is 16.1. The van der Waals surface area contributed by atoms with Gasteiger partial charge < -0.3 is 0 Å². The number of carbonyl (C=O) groups excluding carboxylic acids is 1. The van der Waals surface area contributed by atoms with E-state index < -0.39 is 0 Å². The molecule has 1 rings (SSSR count). The quantitative estimate of drug-likeness (QED) is 0.601. The van der Waals surface area contributed by atoms with E-state index in [9.17, 15) is 4.79 Å². The maximum atomic E-state index is 10.8. The molecule has 0 saturated carbocycles. The van der Waals surface area contributed by atoms with E-state index in [-0.39, 0.29) is 5.78 Å². The molecule has 3 nitrogen and oxygen atoms in total. The van der Waals surface area contributed by atoms with E-state index in [1.165, 1.54) is 6.92 Å². The third kappa shape index (κ3) is 2.49. The van der Waals surface area contributed by atoms with Crippen molar-refractivity contribution in [3.05, 3.63) is 17.5 Å². The van der Waals surface area contributed by atoms with Crippen molar-refractivity contribution in [3.8, 4) is 0 Å². The lowest BCUT2D eigenvalue weighted by molar-refractivity contribution is 0.100. The van der Waals surface area contributed by atoms with Crippen molar-refractivity contribution in [3.63, 3.8) is 0 Å². The highest BCUT2D eigenvalue weighted by Gasteiger charge is 2.04. The van der Waals surface area contributed by atoms with Crippen LogP contribution in [0.5, 0.6) is 0 Å². The number of nitrogens with zero attached hydrogens (tertiary/aromatic N) is 2. The van der Waals surface area contributed by atoms with Crippen molar-refractivity contribution in [2.24, 2.45) is 7.05 Å². The molecule has 0 aliphatic rings. The van der Waals surface area contributed by atoms with E-state index in [1.807, 2.05) is 20.8 Å². The number of rotatable bonds is 1. The molecule has 0 amide bonds. The summed E-state index contributed by atoms with van der Waals surface area (Å²) in [6.07, 6.45) is 0. The highest BCUT2D eigenvalue weighted by Crippen LogP contribution is 2.01. The van der Waals surface area contributed by atoms with Crippen LogP contribution in [0.15, 0.2) is 6.07 Å². The maximum Gasteiger partial charge on any atom is 0.177 e. The average Bonchev–Trinajstić information content (AvgIpc) is 2.34. The molecule has 0 aliphatic carbocycles. The van der Waals surface area contributed by atoms with Crippen LogP contribution in [0.3, 0.4) is 0 Å². The predicted molar refractivity (Wildman–Crippen MR) is 49.3 cm³/mol. The van der Waals surface area contributed by atoms with Gasteiger partial charge in [-0.2, -0.15) is 5.10 Å². The van der Waals surface area contributed by atoms with E-state index >= 15 is 0 Å². The molecule has 68 valence electrons. The first-order chi connectivity index (χ1) is 5.61. The summed E-state index contributed by atoms with van der Waals surface area (Å²) in [5.41, 5.74) is 1.55. The van der Waals surface area contributed by atoms with Crippen molar-refractivity contribution in [2.45, 2.75) is 27.7 Å². The van der Waals surface area contributed by atoms with E-state index in [0.717, 1.165) is 5.69 Å². The first-order valence-corrected chi connectivity index (χ1v) is 4.13. The molecule has 0 unspecified atom stereocenters. The Labute approximate surface area is 73.4 Å². The summed E-state index contributed by atoms with van der Waals surface area (Å²) in [5, 5.41) is 4.03. The van der Waals surface area contributed by atoms with Gasteiger partial charge in [0.15, 0.2) is 5.78 Å². The van der Waals surface area contributed by atoms with Crippen LogP contribution in [0.4, 0.5) is 0 Å². The molecule has 0 N–H and O–H groups in total. The Morgan fingerprint density at radius 3 is 2.17 bits per heavy atom. The fourth-order valence-corrected chi connectivity index (χ4v) is 0.940. The van der Waals surface area contributed by atoms with E-state index in [2.05, 4.69) is 5.10 Å². The topological polar surface area (TPSA) is 34.9 Å². The summed E-state index contributed by atoms with van der Waals surface area (Å²) in [6.45, 7) is 7.41. The summed E-state index contributed by atoms with van der Waals surface area (Å²) >= 11 is 0. The summed E-state index contributed by atoms with van der Waals surface area (Å²) < 4.78 is 1.59. The molecule has 12 heavy (non-hydrogen) atoms. The van der Waals surface area contributed by atoms with Crippen LogP contribution in [0.1, 0.15) is 37.0 Å². The second-order valence-corrected chi connectivity index (χ2v) is 2.35. The van der Waals surface area contributed by atoms with Gasteiger partial charge in [-0.25, -0.2) is 0 Å². The molecule has 0 radical (unpaired) electrons. The summed E-state index contributed by atoms with van der Waals surface area (Å²) in [7, 11) is 1.77. The van der Waals surface area contributed by atoms with Crippen LogP contribution in [-0.2, 0) is 7.05 Å². The largest absolute Gasteiger partial charge is 0.293 e.